The fourth-order valence-electron chi connectivity index (χ4n) is 3.38. The number of pyridine rings is 2. The molecule has 0 saturated heterocycles. The van der Waals surface area contributed by atoms with Crippen LogP contribution in [0.5, 0.6) is 5.75 Å². The summed E-state index contributed by atoms with van der Waals surface area (Å²) in [5.41, 5.74) is 4.05. The highest BCUT2D eigenvalue weighted by atomic mass is 35.5. The van der Waals surface area contributed by atoms with Crippen LogP contribution in [0.2, 0.25) is 5.02 Å². The standard InChI is InChI=1S/C23H23ClN4O/c1-29-18-6-8-21-20(13-18)23(19-7-5-17(24)12-22(19)28-21)27-11-3-10-26-15-16-4-2-9-25-14-16/h2,4-9,12-14,26H,3,10-11,15H2,1H3,(H,27,28). The van der Waals surface area contributed by atoms with Crippen LogP contribution in [0, 0.1) is 0 Å². The molecule has 4 rings (SSSR count). The van der Waals surface area contributed by atoms with Crippen molar-refractivity contribution in [2.24, 2.45) is 0 Å². The average Bonchev–Trinajstić information content (AvgIpc) is 2.75. The lowest BCUT2D eigenvalue weighted by Gasteiger charge is -2.14. The Morgan fingerprint density at radius 2 is 1.93 bits per heavy atom. The number of benzene rings is 2. The van der Waals surface area contributed by atoms with E-state index in [1.807, 2.05) is 48.7 Å². The maximum atomic E-state index is 6.19. The second-order valence-corrected chi connectivity index (χ2v) is 7.29. The van der Waals surface area contributed by atoms with E-state index < -0.39 is 0 Å². The molecule has 0 bridgehead atoms. The molecule has 2 aromatic carbocycles. The number of methoxy groups -OCH3 is 1. The molecule has 0 unspecified atom stereocenters. The first-order valence-corrected chi connectivity index (χ1v) is 10.0. The number of fused-ring (bicyclic) bond motifs is 2. The third-order valence-corrected chi connectivity index (χ3v) is 5.06. The normalized spacial score (nSPS) is 11.1. The minimum Gasteiger partial charge on any atom is -0.497 e. The second kappa shape index (κ2) is 9.07. The van der Waals surface area contributed by atoms with Crippen LogP contribution in [-0.2, 0) is 6.54 Å². The quantitative estimate of drug-likeness (QED) is 0.317. The van der Waals surface area contributed by atoms with Gasteiger partial charge in [-0.1, -0.05) is 17.7 Å². The summed E-state index contributed by atoms with van der Waals surface area (Å²) < 4.78 is 5.42. The zero-order valence-corrected chi connectivity index (χ0v) is 17.0. The van der Waals surface area contributed by atoms with Gasteiger partial charge < -0.3 is 15.4 Å². The van der Waals surface area contributed by atoms with Gasteiger partial charge in [0.25, 0.3) is 0 Å². The van der Waals surface area contributed by atoms with Crippen molar-refractivity contribution in [3.05, 3.63) is 71.5 Å². The van der Waals surface area contributed by atoms with Crippen LogP contribution in [-0.4, -0.2) is 30.2 Å². The number of rotatable bonds is 8. The Balaban J connectivity index is 1.49. The summed E-state index contributed by atoms with van der Waals surface area (Å²) in [7, 11) is 1.68. The lowest BCUT2D eigenvalue weighted by Crippen LogP contribution is -2.17. The number of anilines is 1. The smallest absolute Gasteiger partial charge is 0.119 e. The Labute approximate surface area is 175 Å². The maximum absolute atomic E-state index is 6.19. The molecule has 148 valence electrons. The molecule has 4 aromatic rings. The molecule has 5 nitrogen and oxygen atoms in total. The summed E-state index contributed by atoms with van der Waals surface area (Å²) in [5, 5.41) is 9.85. The van der Waals surface area contributed by atoms with E-state index in [2.05, 4.69) is 21.7 Å². The minimum atomic E-state index is 0.684. The molecule has 6 heteroatoms. The van der Waals surface area contributed by atoms with E-state index in [0.717, 1.165) is 59.3 Å². The van der Waals surface area contributed by atoms with Crippen LogP contribution in [0.1, 0.15) is 12.0 Å². The van der Waals surface area contributed by atoms with Gasteiger partial charge in [-0.15, -0.1) is 0 Å². The summed E-state index contributed by atoms with van der Waals surface area (Å²) in [4.78, 5) is 8.91. The van der Waals surface area contributed by atoms with Crippen molar-refractivity contribution in [3.63, 3.8) is 0 Å². The molecule has 0 aliphatic rings. The molecule has 2 aromatic heterocycles. The summed E-state index contributed by atoms with van der Waals surface area (Å²) in [6.45, 7) is 2.58. The van der Waals surface area contributed by atoms with E-state index in [-0.39, 0.29) is 0 Å². The highest BCUT2D eigenvalue weighted by molar-refractivity contribution is 6.31. The fourth-order valence-corrected chi connectivity index (χ4v) is 3.54. The highest BCUT2D eigenvalue weighted by Crippen LogP contribution is 2.34. The topological polar surface area (TPSA) is 59.1 Å². The Bertz CT molecular complexity index is 1120. The van der Waals surface area contributed by atoms with Gasteiger partial charge in [0.05, 0.1) is 23.8 Å². The van der Waals surface area contributed by atoms with E-state index in [0.29, 0.717) is 5.02 Å². The van der Waals surface area contributed by atoms with Gasteiger partial charge in [0.1, 0.15) is 5.75 Å². The Morgan fingerprint density at radius 3 is 2.76 bits per heavy atom. The van der Waals surface area contributed by atoms with Gasteiger partial charge in [0.15, 0.2) is 0 Å². The zero-order valence-electron chi connectivity index (χ0n) is 16.3. The van der Waals surface area contributed by atoms with Crippen LogP contribution in [0.25, 0.3) is 21.8 Å². The number of halogens is 1. The maximum Gasteiger partial charge on any atom is 0.119 e. The molecule has 0 atom stereocenters. The Kier molecular flexibility index (Phi) is 6.08. The van der Waals surface area contributed by atoms with Crippen LogP contribution in [0.3, 0.4) is 0 Å². The monoisotopic (exact) mass is 406 g/mol. The van der Waals surface area contributed by atoms with Gasteiger partial charge in [-0.3, -0.25) is 4.98 Å². The van der Waals surface area contributed by atoms with Gasteiger partial charge in [0.2, 0.25) is 0 Å². The lowest BCUT2D eigenvalue weighted by atomic mass is 10.1. The predicted molar refractivity (Wildman–Crippen MR) is 120 cm³/mol. The van der Waals surface area contributed by atoms with Crippen LogP contribution in [0.4, 0.5) is 5.69 Å². The molecule has 0 spiro atoms. The summed E-state index contributed by atoms with van der Waals surface area (Å²) in [6, 6.07) is 15.8. The first-order valence-electron chi connectivity index (χ1n) is 9.65. The SMILES string of the molecule is COc1ccc2nc3cc(Cl)ccc3c(NCCCNCc3cccnc3)c2c1. The predicted octanol–water partition coefficient (Wildman–Crippen LogP) is 5.04. The number of nitrogens with one attached hydrogen (secondary N) is 2. The number of hydrogen-bond acceptors (Lipinski definition) is 5. The molecule has 0 aliphatic heterocycles. The van der Waals surface area contributed by atoms with Gasteiger partial charge in [-0.25, -0.2) is 4.98 Å². The average molecular weight is 407 g/mol. The first-order chi connectivity index (χ1) is 14.2. The van der Waals surface area contributed by atoms with Crippen molar-refractivity contribution in [3.8, 4) is 5.75 Å². The van der Waals surface area contributed by atoms with E-state index in [9.17, 15) is 0 Å². The number of nitrogens with zero attached hydrogens (tertiary/aromatic N) is 2. The molecule has 0 aliphatic carbocycles. The van der Waals surface area contributed by atoms with Gasteiger partial charge in [0, 0.05) is 41.3 Å². The number of aromatic nitrogens is 2. The summed E-state index contributed by atoms with van der Waals surface area (Å²) >= 11 is 6.19. The largest absolute Gasteiger partial charge is 0.497 e. The molecule has 2 N–H and O–H groups in total. The van der Waals surface area contributed by atoms with Gasteiger partial charge in [-0.05, 0) is 61.0 Å². The minimum absolute atomic E-state index is 0.684. The van der Waals surface area contributed by atoms with Crippen molar-refractivity contribution < 1.29 is 4.74 Å². The summed E-state index contributed by atoms with van der Waals surface area (Å²) in [5.74, 6) is 0.814. The molecule has 0 radical (unpaired) electrons. The van der Waals surface area contributed by atoms with E-state index >= 15 is 0 Å². The molecule has 0 fully saturated rings. The van der Waals surface area contributed by atoms with E-state index in [1.54, 1.807) is 13.3 Å². The van der Waals surface area contributed by atoms with E-state index in [1.165, 1.54) is 5.56 Å². The number of ether oxygens (including phenoxy) is 1. The van der Waals surface area contributed by atoms with Crippen LogP contribution in [0.15, 0.2) is 60.9 Å². The van der Waals surface area contributed by atoms with Crippen LogP contribution < -0.4 is 15.4 Å². The summed E-state index contributed by atoms with van der Waals surface area (Å²) in [6.07, 6.45) is 4.67. The van der Waals surface area contributed by atoms with Crippen molar-refractivity contribution in [1.29, 1.82) is 0 Å². The third kappa shape index (κ3) is 4.58. The van der Waals surface area contributed by atoms with E-state index in [4.69, 9.17) is 21.3 Å². The van der Waals surface area contributed by atoms with Crippen molar-refractivity contribution >= 4 is 39.1 Å². The first kappa shape index (κ1) is 19.4. The molecule has 2 heterocycles. The van der Waals surface area contributed by atoms with Gasteiger partial charge in [-0.2, -0.15) is 0 Å². The van der Waals surface area contributed by atoms with Gasteiger partial charge >= 0.3 is 0 Å². The highest BCUT2D eigenvalue weighted by Gasteiger charge is 2.10. The van der Waals surface area contributed by atoms with Crippen LogP contribution >= 0.6 is 11.6 Å². The van der Waals surface area contributed by atoms with Crippen molar-refractivity contribution in [1.82, 2.24) is 15.3 Å². The third-order valence-electron chi connectivity index (χ3n) is 4.83. The Morgan fingerprint density at radius 1 is 1.00 bits per heavy atom. The van der Waals surface area contributed by atoms with Crippen molar-refractivity contribution in [2.45, 2.75) is 13.0 Å². The molecule has 0 amide bonds. The Hall–Kier alpha value is -2.89. The zero-order chi connectivity index (χ0) is 20.1. The van der Waals surface area contributed by atoms with Crippen molar-refractivity contribution in [2.75, 3.05) is 25.5 Å². The molecular weight excluding hydrogens is 384 g/mol. The lowest BCUT2D eigenvalue weighted by molar-refractivity contribution is 0.415. The molecule has 0 saturated carbocycles. The molecule has 29 heavy (non-hydrogen) atoms. The second-order valence-electron chi connectivity index (χ2n) is 6.85. The molecular formula is C23H23ClN4O. The number of hydrogen-bond donors (Lipinski definition) is 2. The fraction of sp³-hybridized carbons (Fsp3) is 0.217.